The molecule has 2 rings (SSSR count). The minimum Gasteiger partial charge on any atom is -0.385 e. The lowest BCUT2D eigenvalue weighted by Crippen LogP contribution is -2.49. The molecule has 0 aromatic rings. The number of nitrogens with zero attached hydrogens (tertiary/aromatic N) is 1. The zero-order chi connectivity index (χ0) is 14.4. The van der Waals surface area contributed by atoms with Crippen molar-refractivity contribution in [3.63, 3.8) is 0 Å². The standard InChI is InChI=1S/C16H30N2O2.ClH/c1-17-12-14-6-5-10-18(13-14)15(19)16(9-11-20-2)7-3-4-8-16;/h14,17H,3-13H2,1-2H3;1H. The molecule has 1 heterocycles. The van der Waals surface area contributed by atoms with Crippen LogP contribution in [0.1, 0.15) is 44.9 Å². The molecule has 0 bridgehead atoms. The Labute approximate surface area is 135 Å². The minimum atomic E-state index is -0.114. The van der Waals surface area contributed by atoms with Gasteiger partial charge in [-0.05, 0) is 51.6 Å². The number of ether oxygens (including phenoxy) is 1. The number of hydrogen-bond acceptors (Lipinski definition) is 3. The molecular formula is C16H31ClN2O2. The van der Waals surface area contributed by atoms with Crippen molar-refractivity contribution in [2.24, 2.45) is 11.3 Å². The van der Waals surface area contributed by atoms with Crippen LogP contribution in [0.5, 0.6) is 0 Å². The number of amides is 1. The lowest BCUT2D eigenvalue weighted by Gasteiger charge is -2.39. The fourth-order valence-electron chi connectivity index (χ4n) is 3.96. The van der Waals surface area contributed by atoms with Crippen molar-refractivity contribution >= 4 is 18.3 Å². The van der Waals surface area contributed by atoms with Crippen molar-refractivity contribution < 1.29 is 9.53 Å². The summed E-state index contributed by atoms with van der Waals surface area (Å²) < 4.78 is 5.25. The first-order chi connectivity index (χ1) is 9.72. The zero-order valence-electron chi connectivity index (χ0n) is 13.5. The predicted molar refractivity (Wildman–Crippen MR) is 87.9 cm³/mol. The van der Waals surface area contributed by atoms with Gasteiger partial charge in [0, 0.05) is 26.8 Å². The molecule has 1 aliphatic heterocycles. The third-order valence-electron chi connectivity index (χ3n) is 5.10. The molecule has 2 fully saturated rings. The summed E-state index contributed by atoms with van der Waals surface area (Å²) in [7, 11) is 3.73. The summed E-state index contributed by atoms with van der Waals surface area (Å²) in [5.74, 6) is 1.03. The van der Waals surface area contributed by atoms with Gasteiger partial charge in [-0.3, -0.25) is 4.79 Å². The molecule has 4 nitrogen and oxygen atoms in total. The average molecular weight is 319 g/mol. The van der Waals surface area contributed by atoms with Crippen molar-refractivity contribution in [3.05, 3.63) is 0 Å². The van der Waals surface area contributed by atoms with E-state index in [2.05, 4.69) is 10.2 Å². The number of piperidine rings is 1. The summed E-state index contributed by atoms with van der Waals surface area (Å²) in [5.41, 5.74) is -0.114. The van der Waals surface area contributed by atoms with E-state index in [-0.39, 0.29) is 17.8 Å². The number of methoxy groups -OCH3 is 1. The van der Waals surface area contributed by atoms with E-state index in [1.165, 1.54) is 19.3 Å². The van der Waals surface area contributed by atoms with Gasteiger partial charge in [0.15, 0.2) is 0 Å². The molecular weight excluding hydrogens is 288 g/mol. The monoisotopic (exact) mass is 318 g/mol. The fraction of sp³-hybridized carbons (Fsp3) is 0.938. The van der Waals surface area contributed by atoms with Gasteiger partial charge in [0.25, 0.3) is 0 Å². The molecule has 21 heavy (non-hydrogen) atoms. The Bertz CT molecular complexity index is 317. The Hall–Kier alpha value is -0.320. The third kappa shape index (κ3) is 4.57. The SMILES string of the molecule is CNCC1CCCN(C(=O)C2(CCOC)CCCC2)C1.Cl. The minimum absolute atomic E-state index is 0. The number of likely N-dealkylation sites (tertiary alicyclic amines) is 1. The van der Waals surface area contributed by atoms with Gasteiger partial charge in [0.05, 0.1) is 5.41 Å². The topological polar surface area (TPSA) is 41.6 Å². The molecule has 1 atom stereocenters. The van der Waals surface area contributed by atoms with Crippen molar-refractivity contribution in [1.29, 1.82) is 0 Å². The smallest absolute Gasteiger partial charge is 0.228 e. The van der Waals surface area contributed by atoms with Crippen LogP contribution in [-0.4, -0.2) is 51.2 Å². The van der Waals surface area contributed by atoms with Crippen LogP contribution in [0.4, 0.5) is 0 Å². The first kappa shape index (κ1) is 18.7. The van der Waals surface area contributed by atoms with Crippen LogP contribution in [0, 0.1) is 11.3 Å². The number of hydrogen-bond donors (Lipinski definition) is 1. The molecule has 0 aromatic heterocycles. The van der Waals surface area contributed by atoms with Crippen LogP contribution < -0.4 is 5.32 Å². The summed E-state index contributed by atoms with van der Waals surface area (Å²) in [4.78, 5) is 15.2. The van der Waals surface area contributed by atoms with Crippen molar-refractivity contribution in [1.82, 2.24) is 10.2 Å². The third-order valence-corrected chi connectivity index (χ3v) is 5.10. The van der Waals surface area contributed by atoms with Gasteiger partial charge in [-0.1, -0.05) is 12.8 Å². The number of carbonyl (C=O) groups is 1. The van der Waals surface area contributed by atoms with Gasteiger partial charge in [-0.25, -0.2) is 0 Å². The fourth-order valence-corrected chi connectivity index (χ4v) is 3.96. The van der Waals surface area contributed by atoms with E-state index in [4.69, 9.17) is 4.74 Å². The number of carbonyl (C=O) groups excluding carboxylic acids is 1. The maximum Gasteiger partial charge on any atom is 0.228 e. The van der Waals surface area contributed by atoms with Gasteiger partial charge in [0.1, 0.15) is 0 Å². The summed E-state index contributed by atoms with van der Waals surface area (Å²) in [6.07, 6.45) is 7.81. The summed E-state index contributed by atoms with van der Waals surface area (Å²) >= 11 is 0. The van der Waals surface area contributed by atoms with Crippen LogP contribution in [0.3, 0.4) is 0 Å². The Kier molecular flexibility index (Phi) is 7.99. The Balaban J connectivity index is 0.00000220. The summed E-state index contributed by atoms with van der Waals surface area (Å²) in [5, 5.41) is 3.25. The second-order valence-electron chi connectivity index (χ2n) is 6.55. The maximum absolute atomic E-state index is 13.0. The van der Waals surface area contributed by atoms with E-state index in [0.29, 0.717) is 18.4 Å². The molecule has 1 unspecified atom stereocenters. The van der Waals surface area contributed by atoms with E-state index in [0.717, 1.165) is 45.3 Å². The van der Waals surface area contributed by atoms with Gasteiger partial charge < -0.3 is 15.0 Å². The van der Waals surface area contributed by atoms with E-state index < -0.39 is 0 Å². The number of halogens is 1. The normalized spacial score (nSPS) is 24.7. The van der Waals surface area contributed by atoms with Crippen molar-refractivity contribution in [2.75, 3.05) is 40.4 Å². The molecule has 1 saturated heterocycles. The van der Waals surface area contributed by atoms with Gasteiger partial charge in [-0.15, -0.1) is 12.4 Å². The second kappa shape index (κ2) is 8.96. The predicted octanol–water partition coefficient (Wildman–Crippen LogP) is 2.46. The quantitative estimate of drug-likeness (QED) is 0.818. The number of nitrogens with one attached hydrogen (secondary N) is 1. The highest BCUT2D eigenvalue weighted by Gasteiger charge is 2.43. The molecule has 1 N–H and O–H groups in total. The largest absolute Gasteiger partial charge is 0.385 e. The number of rotatable bonds is 6. The Morgan fingerprint density at radius 3 is 2.67 bits per heavy atom. The van der Waals surface area contributed by atoms with E-state index >= 15 is 0 Å². The van der Waals surface area contributed by atoms with Crippen LogP contribution >= 0.6 is 12.4 Å². The lowest BCUT2D eigenvalue weighted by atomic mass is 9.80. The highest BCUT2D eigenvalue weighted by Crippen LogP contribution is 2.43. The van der Waals surface area contributed by atoms with Crippen LogP contribution in [0.2, 0.25) is 0 Å². The summed E-state index contributed by atoms with van der Waals surface area (Å²) in [6.45, 7) is 3.62. The Morgan fingerprint density at radius 2 is 2.05 bits per heavy atom. The Morgan fingerprint density at radius 1 is 1.33 bits per heavy atom. The van der Waals surface area contributed by atoms with Gasteiger partial charge in [-0.2, -0.15) is 0 Å². The zero-order valence-corrected chi connectivity index (χ0v) is 14.3. The highest BCUT2D eigenvalue weighted by molar-refractivity contribution is 5.85. The first-order valence-electron chi connectivity index (χ1n) is 8.15. The van der Waals surface area contributed by atoms with Crippen LogP contribution in [0.25, 0.3) is 0 Å². The molecule has 1 aliphatic carbocycles. The maximum atomic E-state index is 13.0. The lowest BCUT2D eigenvalue weighted by molar-refractivity contribution is -0.145. The highest BCUT2D eigenvalue weighted by atomic mass is 35.5. The molecule has 0 aromatic carbocycles. The first-order valence-corrected chi connectivity index (χ1v) is 8.15. The van der Waals surface area contributed by atoms with E-state index in [1.54, 1.807) is 7.11 Å². The van der Waals surface area contributed by atoms with Crippen LogP contribution in [0.15, 0.2) is 0 Å². The average Bonchev–Trinajstić information content (AvgIpc) is 2.95. The van der Waals surface area contributed by atoms with Gasteiger partial charge >= 0.3 is 0 Å². The summed E-state index contributed by atoms with van der Waals surface area (Å²) in [6, 6.07) is 0. The second-order valence-corrected chi connectivity index (χ2v) is 6.55. The van der Waals surface area contributed by atoms with Gasteiger partial charge in [0.2, 0.25) is 5.91 Å². The van der Waals surface area contributed by atoms with Crippen molar-refractivity contribution in [3.8, 4) is 0 Å². The van der Waals surface area contributed by atoms with E-state index in [1.807, 2.05) is 7.05 Å². The molecule has 0 radical (unpaired) electrons. The van der Waals surface area contributed by atoms with Crippen LogP contribution in [-0.2, 0) is 9.53 Å². The molecule has 124 valence electrons. The molecule has 1 amide bonds. The van der Waals surface area contributed by atoms with E-state index in [9.17, 15) is 4.79 Å². The molecule has 1 saturated carbocycles. The molecule has 2 aliphatic rings. The molecule has 5 heteroatoms. The van der Waals surface area contributed by atoms with Crippen molar-refractivity contribution in [2.45, 2.75) is 44.9 Å². The molecule has 0 spiro atoms.